The molecule has 9 aromatic carbocycles. The van der Waals surface area contributed by atoms with Crippen LogP contribution in [0.1, 0.15) is 121 Å². The Morgan fingerprint density at radius 1 is 0.537 bits per heavy atom. The summed E-state index contributed by atoms with van der Waals surface area (Å²) in [4.78, 5) is 8.82. The molecule has 13 rings (SSSR count). The van der Waals surface area contributed by atoms with Crippen LogP contribution < -0.4 is 14.5 Å². The largest absolute Gasteiger partial charge is 0.509 e. The Bertz CT molecular complexity index is 4920. The van der Waals surface area contributed by atoms with Crippen LogP contribution in [0.15, 0.2) is 206 Å². The molecule has 0 saturated heterocycles. The number of hydrogen-bond donors (Lipinski definition) is 0. The van der Waals surface area contributed by atoms with Gasteiger partial charge < -0.3 is 19.1 Å². The summed E-state index contributed by atoms with van der Waals surface area (Å²) in [5, 5.41) is 0.872. The Labute approximate surface area is 516 Å². The summed E-state index contributed by atoms with van der Waals surface area (Å²) >= 11 is 0. The zero-order valence-electron chi connectivity index (χ0n) is 59.7. The number of nitrogens with zero attached hydrogens (tertiary/aromatic N) is 4. The van der Waals surface area contributed by atoms with Crippen LogP contribution in [-0.2, 0) is 42.7 Å². The molecule has 1 aliphatic heterocycles. The van der Waals surface area contributed by atoms with Crippen LogP contribution >= 0.6 is 0 Å². The monoisotopic (exact) mass is 1260 g/mol. The minimum atomic E-state index is -0.605. The molecule has 0 spiro atoms. The number of fused-ring (bicyclic) bond motifs is 5. The van der Waals surface area contributed by atoms with Gasteiger partial charge in [0.05, 0.1) is 16.4 Å². The van der Waals surface area contributed by atoms with E-state index in [0.717, 1.165) is 46.5 Å². The van der Waals surface area contributed by atoms with Crippen molar-refractivity contribution in [1.82, 2.24) is 9.55 Å². The summed E-state index contributed by atoms with van der Waals surface area (Å²) in [6.07, 6.45) is 3.68. The summed E-state index contributed by atoms with van der Waals surface area (Å²) in [7, 11) is 0. The Morgan fingerprint density at radius 3 is 1.90 bits per heavy atom. The minimum absolute atomic E-state index is 0. The first kappa shape index (κ1) is 41.9. The van der Waals surface area contributed by atoms with Crippen LogP contribution in [-0.4, -0.2) is 9.55 Å². The van der Waals surface area contributed by atoms with Gasteiger partial charge in [0.15, 0.2) is 0 Å². The first-order valence-corrected chi connectivity index (χ1v) is 27.7. The molecule has 0 fully saturated rings. The number of aromatic nitrogens is 2. The van der Waals surface area contributed by atoms with Gasteiger partial charge >= 0.3 is 0 Å². The van der Waals surface area contributed by atoms with Crippen LogP contribution in [0.25, 0.3) is 72.1 Å². The summed E-state index contributed by atoms with van der Waals surface area (Å²) in [5.41, 5.74) is 8.93. The molecule has 0 atom stereocenters. The summed E-state index contributed by atoms with van der Waals surface area (Å²) in [6, 6.07) is 42.9. The second kappa shape index (κ2) is 20.8. The first-order chi connectivity index (χ1) is 43.9. The molecule has 0 N–H and O–H groups in total. The number of rotatable bonds is 9. The number of anilines is 4. The quantitative estimate of drug-likeness (QED) is 0.135. The third-order valence-corrected chi connectivity index (χ3v) is 16.2. The van der Waals surface area contributed by atoms with Crippen LogP contribution in [0.2, 0.25) is 0 Å². The van der Waals surface area contributed by atoms with Crippen molar-refractivity contribution in [3.05, 3.63) is 247 Å². The van der Waals surface area contributed by atoms with Gasteiger partial charge in [-0.1, -0.05) is 184 Å². The second-order valence-corrected chi connectivity index (χ2v) is 24.7. The Balaban J connectivity index is 0.00000848. The van der Waals surface area contributed by atoms with Crippen molar-refractivity contribution in [2.45, 2.75) is 104 Å². The van der Waals surface area contributed by atoms with E-state index in [0.29, 0.717) is 50.4 Å². The molecule has 11 aromatic rings. The van der Waals surface area contributed by atoms with E-state index in [1.807, 2.05) is 72.2 Å². The van der Waals surface area contributed by atoms with Crippen molar-refractivity contribution in [1.29, 1.82) is 0 Å². The van der Waals surface area contributed by atoms with Gasteiger partial charge in [-0.05, 0) is 156 Å². The summed E-state index contributed by atoms with van der Waals surface area (Å²) < 4.78 is 120. The summed E-state index contributed by atoms with van der Waals surface area (Å²) in [5.74, 6) is 1.07. The molecule has 0 radical (unpaired) electrons. The normalized spacial score (nSPS) is 16.7. The van der Waals surface area contributed by atoms with E-state index in [2.05, 4.69) is 111 Å². The van der Waals surface area contributed by atoms with Crippen molar-refractivity contribution in [2.24, 2.45) is 0 Å². The first-order valence-electron chi connectivity index (χ1n) is 33.7. The fourth-order valence-corrected chi connectivity index (χ4v) is 11.5. The number of para-hydroxylation sites is 3. The molecule has 82 heavy (non-hydrogen) atoms. The fourth-order valence-electron chi connectivity index (χ4n) is 11.5. The molecule has 0 bridgehead atoms. The van der Waals surface area contributed by atoms with E-state index in [1.165, 1.54) is 11.1 Å². The number of pyridine rings is 1. The molecular weight excluding hydrogens is 1180 g/mol. The molecule has 0 amide bonds. The molecule has 3 heterocycles. The van der Waals surface area contributed by atoms with Gasteiger partial charge in [0.25, 0.3) is 0 Å². The zero-order chi connectivity index (χ0) is 66.4. The van der Waals surface area contributed by atoms with Crippen LogP contribution in [0.5, 0.6) is 11.5 Å². The van der Waals surface area contributed by atoms with Crippen LogP contribution in [0, 0.1) is 18.8 Å². The molecular formula is C76H69N4OPt-3. The predicted octanol–water partition coefficient (Wildman–Crippen LogP) is 20.6. The van der Waals surface area contributed by atoms with Crippen molar-refractivity contribution < 1.29 is 42.3 Å². The second-order valence-electron chi connectivity index (χ2n) is 24.7. The van der Waals surface area contributed by atoms with Crippen molar-refractivity contribution >= 4 is 44.6 Å². The van der Waals surface area contributed by atoms with Gasteiger partial charge in [0.1, 0.15) is 5.82 Å². The van der Waals surface area contributed by atoms with Gasteiger partial charge in [-0.15, -0.1) is 48.1 Å². The maximum absolute atomic E-state index is 10.5. The van der Waals surface area contributed by atoms with Crippen molar-refractivity contribution in [3.63, 3.8) is 0 Å². The van der Waals surface area contributed by atoms with Gasteiger partial charge in [-0.25, -0.2) is 4.98 Å². The van der Waals surface area contributed by atoms with E-state index >= 15 is 0 Å². The fraction of sp³-hybridized carbons (Fsp3) is 0.211. The molecule has 5 nitrogen and oxygen atoms in total. The maximum atomic E-state index is 10.5. The Morgan fingerprint density at radius 2 is 1.17 bits per heavy atom. The Kier molecular flexibility index (Phi) is 10.6. The molecule has 1 aliphatic carbocycles. The van der Waals surface area contributed by atoms with Gasteiger partial charge in [0.2, 0.25) is 0 Å². The van der Waals surface area contributed by atoms with E-state index in [9.17, 15) is 8.22 Å². The van der Waals surface area contributed by atoms with E-state index in [1.54, 1.807) is 53.2 Å². The summed E-state index contributed by atoms with van der Waals surface area (Å²) in [6.45, 7) is 23.7. The topological polar surface area (TPSA) is 33.5 Å². The smallest absolute Gasteiger partial charge is 0.135 e. The minimum Gasteiger partial charge on any atom is -0.509 e. The van der Waals surface area contributed by atoms with Crippen LogP contribution in [0.3, 0.4) is 0 Å². The average Bonchev–Trinajstić information content (AvgIpc) is 1.30. The zero-order valence-corrected chi connectivity index (χ0v) is 50.0. The Hall–Kier alpha value is -7.98. The van der Waals surface area contributed by atoms with E-state index < -0.39 is 35.6 Å². The average molecular weight is 1260 g/mol. The van der Waals surface area contributed by atoms with Crippen molar-refractivity contribution in [2.75, 3.05) is 9.80 Å². The third-order valence-electron chi connectivity index (χ3n) is 16.2. The molecule has 2 aliphatic rings. The van der Waals surface area contributed by atoms with Gasteiger partial charge in [-0.3, -0.25) is 0 Å². The SMILES string of the molecule is [2H]c1c([2H])c([2H])c(-c2c([2H])c(-c3ccccc3)c([2H])c(-c3cc(C(C)(C)C)cc(-c4ccc5c(c4)C(C)(C)CCC5(C)C)c3N3[CH-]N(c4[c-]c(Oc5[c-]c6c(cc5)c5c([2H])c([2H])c([2H])c([2H])c5n6-c5cc(C(C)(C)C)ccn5)ccc4)c4ccccc43)c2[2H])c([2H])c1[2H].[Pt]. The predicted molar refractivity (Wildman–Crippen MR) is 339 cm³/mol. The molecule has 0 unspecified atom stereocenters. The van der Waals surface area contributed by atoms with Gasteiger partial charge in [-0.2, -0.15) is 12.1 Å². The molecule has 2 aromatic heterocycles. The van der Waals surface area contributed by atoms with Crippen LogP contribution in [0.4, 0.5) is 22.7 Å². The number of benzene rings is 9. The molecule has 0 saturated carbocycles. The molecule has 6 heteroatoms. The molecule has 412 valence electrons. The van der Waals surface area contributed by atoms with E-state index in [-0.39, 0.29) is 113 Å². The number of hydrogen-bond acceptors (Lipinski definition) is 4. The third kappa shape index (κ3) is 9.95. The number of ether oxygens (including phenoxy) is 1. The standard InChI is InChI=1S/C76H69N4O.Pt/c1-73(2,3)56-36-39-77-71(46-56)80-67-29-18-17-28-61(67)62-34-33-60(48-70(62)80)81-59-27-21-26-58(47-59)78-49-79(69-31-20-19-30-68(69)78)72-63(52-32-35-65-66(43-52)76(9,10)38-37-75(65,7)8)44-57(74(4,5)6)45-64(72)55-41-53(50-22-13-11-14-23-50)40-54(42-55)51-24-15-12-16-25-51;/h11-36,39-46,49H,37-38H2,1-10H3;/q-3;/i11D,13D,14D,17D,18D,22D,23D,28D,29D,40D,41D,42D;. The van der Waals surface area contributed by atoms with Gasteiger partial charge in [0, 0.05) is 72.5 Å². The van der Waals surface area contributed by atoms with Crippen molar-refractivity contribution in [3.8, 4) is 61.8 Å². The maximum Gasteiger partial charge on any atom is 0.135 e. The van der Waals surface area contributed by atoms with E-state index in [4.69, 9.17) is 17.9 Å².